The zero-order valence-corrected chi connectivity index (χ0v) is 10.7. The van der Waals surface area contributed by atoms with Crippen LogP contribution in [0.2, 0.25) is 0 Å². The van der Waals surface area contributed by atoms with Crippen LogP contribution in [-0.4, -0.2) is 80.3 Å². The minimum absolute atomic E-state index is 0.0265. The zero-order chi connectivity index (χ0) is 14.6. The molecule has 1 rings (SSSR count). The molecule has 0 radical (unpaired) electrons. The molecule has 1 fully saturated rings. The highest BCUT2D eigenvalue weighted by Gasteiger charge is 2.50. The Kier molecular flexibility index (Phi) is 6.11. The van der Waals surface area contributed by atoms with Gasteiger partial charge < -0.3 is 30.4 Å². The van der Waals surface area contributed by atoms with Gasteiger partial charge in [0.05, 0.1) is 37.5 Å². The summed E-state index contributed by atoms with van der Waals surface area (Å²) >= 11 is 0. The van der Waals surface area contributed by atoms with Crippen LogP contribution in [0.1, 0.15) is 19.8 Å². The first-order valence-corrected chi connectivity index (χ1v) is 6.21. The maximum Gasteiger partial charge on any atom is 0.305 e. The van der Waals surface area contributed by atoms with E-state index in [2.05, 4.69) is 0 Å². The fourth-order valence-electron chi connectivity index (χ4n) is 2.28. The van der Waals surface area contributed by atoms with E-state index in [1.165, 1.54) is 0 Å². The van der Waals surface area contributed by atoms with Gasteiger partial charge in [0.15, 0.2) is 0 Å². The minimum Gasteiger partial charge on any atom is -0.466 e. The number of nitrogens with zero attached hydrogens (tertiary/aromatic N) is 1. The summed E-state index contributed by atoms with van der Waals surface area (Å²) in [5.74, 6) is -0.469. The van der Waals surface area contributed by atoms with Crippen LogP contribution in [0.25, 0.3) is 0 Å². The lowest BCUT2D eigenvalue weighted by atomic mass is 10.0. The molecule has 1 saturated heterocycles. The fraction of sp³-hybridized carbons (Fsp3) is 0.909. The van der Waals surface area contributed by atoms with Gasteiger partial charge in [-0.05, 0) is 13.3 Å². The Bertz CT molecular complexity index is 301. The Morgan fingerprint density at radius 1 is 1.37 bits per heavy atom. The topological polar surface area (TPSA) is 131 Å². The summed E-state index contributed by atoms with van der Waals surface area (Å²) < 4.78 is 4.72. The van der Waals surface area contributed by atoms with E-state index in [0.717, 1.165) is 0 Å². The Morgan fingerprint density at radius 2 is 2.00 bits per heavy atom. The molecule has 0 bridgehead atoms. The molecule has 0 saturated carbocycles. The average Bonchev–Trinajstić information content (AvgIpc) is 2.58. The first-order chi connectivity index (χ1) is 8.93. The lowest BCUT2D eigenvalue weighted by molar-refractivity contribution is -0.177. The second-order valence-corrected chi connectivity index (χ2v) is 4.51. The smallest absolute Gasteiger partial charge is 0.305 e. The fourth-order valence-corrected chi connectivity index (χ4v) is 2.28. The van der Waals surface area contributed by atoms with Crippen LogP contribution >= 0.6 is 0 Å². The molecular formula is C11H21NO7. The summed E-state index contributed by atoms with van der Waals surface area (Å²) in [5.41, 5.74) is 0. The molecule has 8 heteroatoms. The highest BCUT2D eigenvalue weighted by atomic mass is 16.5. The van der Waals surface area contributed by atoms with Crippen molar-refractivity contribution in [2.45, 2.75) is 50.2 Å². The molecule has 0 spiro atoms. The van der Waals surface area contributed by atoms with Crippen molar-refractivity contribution in [3.05, 3.63) is 0 Å². The molecule has 0 aliphatic carbocycles. The van der Waals surface area contributed by atoms with Crippen molar-refractivity contribution in [1.29, 1.82) is 0 Å². The number of hydrogen-bond donors (Lipinski definition) is 5. The van der Waals surface area contributed by atoms with Gasteiger partial charge in [-0.2, -0.15) is 5.06 Å². The molecule has 0 aromatic carbocycles. The van der Waals surface area contributed by atoms with Crippen molar-refractivity contribution in [2.24, 2.45) is 0 Å². The second-order valence-electron chi connectivity index (χ2n) is 4.51. The summed E-state index contributed by atoms with van der Waals surface area (Å²) in [6, 6.07) is -2.09. The van der Waals surface area contributed by atoms with Crippen LogP contribution in [0.5, 0.6) is 0 Å². The van der Waals surface area contributed by atoms with Gasteiger partial charge in [0.25, 0.3) is 0 Å². The van der Waals surface area contributed by atoms with Gasteiger partial charge >= 0.3 is 5.97 Å². The van der Waals surface area contributed by atoms with E-state index in [0.29, 0.717) is 5.06 Å². The molecule has 5 N–H and O–H groups in total. The average molecular weight is 279 g/mol. The zero-order valence-electron chi connectivity index (χ0n) is 10.7. The molecule has 0 amide bonds. The molecule has 112 valence electrons. The number of aliphatic hydroxyl groups is 4. The van der Waals surface area contributed by atoms with E-state index in [1.54, 1.807) is 6.92 Å². The van der Waals surface area contributed by atoms with Crippen LogP contribution in [-0.2, 0) is 9.53 Å². The number of hydroxylamine groups is 2. The van der Waals surface area contributed by atoms with Gasteiger partial charge in [0.2, 0.25) is 0 Å². The van der Waals surface area contributed by atoms with Crippen molar-refractivity contribution >= 4 is 5.97 Å². The minimum atomic E-state index is -1.40. The van der Waals surface area contributed by atoms with Crippen LogP contribution in [0.4, 0.5) is 0 Å². The van der Waals surface area contributed by atoms with E-state index in [-0.39, 0.29) is 19.4 Å². The molecule has 1 unspecified atom stereocenters. The summed E-state index contributed by atoms with van der Waals surface area (Å²) in [6.45, 7) is 1.25. The molecular weight excluding hydrogens is 258 g/mol. The third-order valence-corrected chi connectivity index (χ3v) is 3.27. The van der Waals surface area contributed by atoms with E-state index >= 15 is 0 Å². The van der Waals surface area contributed by atoms with Crippen LogP contribution in [0.3, 0.4) is 0 Å². The Hall–Kier alpha value is -0.770. The van der Waals surface area contributed by atoms with E-state index in [4.69, 9.17) is 9.84 Å². The van der Waals surface area contributed by atoms with Crippen molar-refractivity contribution < 1.29 is 35.2 Å². The molecule has 0 aromatic rings. The third-order valence-electron chi connectivity index (χ3n) is 3.27. The molecule has 19 heavy (non-hydrogen) atoms. The number of ether oxygens (including phenoxy) is 1. The molecule has 1 aliphatic rings. The highest BCUT2D eigenvalue weighted by Crippen LogP contribution is 2.28. The maximum atomic E-state index is 11.2. The second kappa shape index (κ2) is 7.13. The van der Waals surface area contributed by atoms with E-state index < -0.39 is 43.0 Å². The van der Waals surface area contributed by atoms with Gasteiger partial charge in [-0.25, -0.2) is 0 Å². The van der Waals surface area contributed by atoms with Crippen molar-refractivity contribution in [3.8, 4) is 0 Å². The van der Waals surface area contributed by atoms with Crippen molar-refractivity contribution in [2.75, 3.05) is 13.2 Å². The normalized spacial score (nSPS) is 33.4. The van der Waals surface area contributed by atoms with Gasteiger partial charge in [-0.3, -0.25) is 4.79 Å². The quantitative estimate of drug-likeness (QED) is 0.348. The Morgan fingerprint density at radius 3 is 2.53 bits per heavy atom. The van der Waals surface area contributed by atoms with Crippen LogP contribution in [0.15, 0.2) is 0 Å². The van der Waals surface area contributed by atoms with E-state index in [1.807, 2.05) is 0 Å². The summed E-state index contributed by atoms with van der Waals surface area (Å²) in [4.78, 5) is 11.2. The number of rotatable bonds is 6. The monoisotopic (exact) mass is 279 g/mol. The maximum absolute atomic E-state index is 11.2. The predicted octanol–water partition coefficient (Wildman–Crippen LogP) is -2.15. The van der Waals surface area contributed by atoms with Gasteiger partial charge in [0.1, 0.15) is 6.10 Å². The Balaban J connectivity index is 2.61. The molecule has 1 heterocycles. The van der Waals surface area contributed by atoms with Crippen LogP contribution < -0.4 is 0 Å². The largest absolute Gasteiger partial charge is 0.466 e. The van der Waals surface area contributed by atoms with Crippen molar-refractivity contribution in [1.82, 2.24) is 5.06 Å². The lowest BCUT2D eigenvalue weighted by Gasteiger charge is -2.26. The number of hydrogen-bond acceptors (Lipinski definition) is 8. The molecule has 1 aliphatic heterocycles. The summed E-state index contributed by atoms with van der Waals surface area (Å²) in [5, 5.41) is 48.3. The predicted molar refractivity (Wildman–Crippen MR) is 62.2 cm³/mol. The number of carbonyl (C=O) groups excluding carboxylic acids is 1. The molecule has 0 aromatic heterocycles. The van der Waals surface area contributed by atoms with Crippen molar-refractivity contribution in [3.63, 3.8) is 0 Å². The third kappa shape index (κ3) is 3.62. The standard InChI is InChI=1S/C11H21NO7/c1-2-19-8(15)4-3-6-10(16)11(17)9(12(6)18)7(14)5-13/h6-7,9-11,13-14,16-18H,2-5H2,1H3/t6-,7+,9?,10-,11-/m0/s1. The summed E-state index contributed by atoms with van der Waals surface area (Å²) in [7, 11) is 0. The summed E-state index contributed by atoms with van der Waals surface area (Å²) in [6.07, 6.45) is -4.06. The number of aliphatic hydroxyl groups excluding tert-OH is 4. The lowest BCUT2D eigenvalue weighted by Crippen LogP contribution is -2.46. The van der Waals surface area contributed by atoms with Gasteiger partial charge in [-0.15, -0.1) is 0 Å². The Labute approximate surface area is 110 Å². The number of carbonyl (C=O) groups is 1. The van der Waals surface area contributed by atoms with Crippen LogP contribution in [0, 0.1) is 0 Å². The SMILES string of the molecule is CCOC(=O)CC[C@H]1[C@H](O)[C@@H](O)C([C@H](O)CO)N1O. The first kappa shape index (κ1) is 16.3. The molecule has 5 atom stereocenters. The van der Waals surface area contributed by atoms with Gasteiger partial charge in [-0.1, -0.05) is 0 Å². The van der Waals surface area contributed by atoms with E-state index in [9.17, 15) is 25.3 Å². The van der Waals surface area contributed by atoms with Gasteiger partial charge in [0, 0.05) is 6.42 Å². The number of esters is 1. The molecule has 8 nitrogen and oxygen atoms in total. The highest BCUT2D eigenvalue weighted by molar-refractivity contribution is 5.69. The first-order valence-electron chi connectivity index (χ1n) is 6.21.